The maximum Gasteiger partial charge on any atom is 0.255 e. The predicted octanol–water partition coefficient (Wildman–Crippen LogP) is 6.95. The molecule has 0 saturated heterocycles. The van der Waals surface area contributed by atoms with Crippen molar-refractivity contribution in [2.24, 2.45) is 0 Å². The van der Waals surface area contributed by atoms with E-state index in [0.29, 0.717) is 5.56 Å². The predicted molar refractivity (Wildman–Crippen MR) is 114 cm³/mol. The second-order valence-electron chi connectivity index (χ2n) is 6.84. The van der Waals surface area contributed by atoms with Crippen molar-refractivity contribution in [3.63, 3.8) is 0 Å². The van der Waals surface area contributed by atoms with Crippen LogP contribution >= 0.6 is 0 Å². The Labute approximate surface area is 159 Å². The quantitative estimate of drug-likeness (QED) is 0.442. The maximum absolute atomic E-state index is 12.2. The molecule has 1 amide bonds. The van der Waals surface area contributed by atoms with Gasteiger partial charge in [0.2, 0.25) is 0 Å². The Bertz CT molecular complexity index is 677. The SMILES string of the molecule is CC=C(C)C.CCCCCc1ccc(C(=O)Nc2ccc(C)cc2)cc1. The van der Waals surface area contributed by atoms with Gasteiger partial charge in [0.05, 0.1) is 0 Å². The van der Waals surface area contributed by atoms with Crippen LogP contribution in [0.4, 0.5) is 5.69 Å². The smallest absolute Gasteiger partial charge is 0.255 e. The van der Waals surface area contributed by atoms with Crippen molar-refractivity contribution in [3.8, 4) is 0 Å². The first kappa shape index (κ1) is 21.7. The fourth-order valence-corrected chi connectivity index (χ4v) is 2.24. The third kappa shape index (κ3) is 8.66. The molecule has 1 N–H and O–H groups in total. The number of allylic oxidation sites excluding steroid dienone is 2. The first-order valence-electron chi connectivity index (χ1n) is 9.52. The lowest BCUT2D eigenvalue weighted by molar-refractivity contribution is 0.102. The highest BCUT2D eigenvalue weighted by molar-refractivity contribution is 6.04. The summed E-state index contributed by atoms with van der Waals surface area (Å²) in [6, 6.07) is 15.8. The van der Waals surface area contributed by atoms with Crippen molar-refractivity contribution in [1.82, 2.24) is 0 Å². The summed E-state index contributed by atoms with van der Waals surface area (Å²) in [5, 5.41) is 2.92. The lowest BCUT2D eigenvalue weighted by Crippen LogP contribution is -2.11. The molecule has 0 heterocycles. The van der Waals surface area contributed by atoms with Crippen LogP contribution < -0.4 is 5.32 Å². The van der Waals surface area contributed by atoms with Crippen LogP contribution in [0.25, 0.3) is 0 Å². The van der Waals surface area contributed by atoms with Crippen LogP contribution in [0.5, 0.6) is 0 Å². The highest BCUT2D eigenvalue weighted by atomic mass is 16.1. The van der Waals surface area contributed by atoms with Gasteiger partial charge in [0.25, 0.3) is 5.91 Å². The number of carbonyl (C=O) groups excluding carboxylic acids is 1. The van der Waals surface area contributed by atoms with E-state index in [9.17, 15) is 4.79 Å². The molecule has 140 valence electrons. The summed E-state index contributed by atoms with van der Waals surface area (Å²) in [5.41, 5.74) is 5.40. The van der Waals surface area contributed by atoms with E-state index in [0.717, 1.165) is 12.1 Å². The van der Waals surface area contributed by atoms with Crippen LogP contribution in [0.15, 0.2) is 60.2 Å². The van der Waals surface area contributed by atoms with E-state index in [1.54, 1.807) is 0 Å². The Kier molecular flexibility index (Phi) is 10.1. The lowest BCUT2D eigenvalue weighted by atomic mass is 10.1. The van der Waals surface area contributed by atoms with Gasteiger partial charge in [-0.1, -0.05) is 61.2 Å². The molecule has 0 atom stereocenters. The van der Waals surface area contributed by atoms with Gasteiger partial charge in [-0.25, -0.2) is 0 Å². The van der Waals surface area contributed by atoms with E-state index in [1.165, 1.54) is 36.0 Å². The summed E-state index contributed by atoms with van der Waals surface area (Å²) in [5.74, 6) is -0.0565. The van der Waals surface area contributed by atoms with Gasteiger partial charge < -0.3 is 5.32 Å². The van der Waals surface area contributed by atoms with Crippen molar-refractivity contribution >= 4 is 11.6 Å². The number of amides is 1. The van der Waals surface area contributed by atoms with Gasteiger partial charge in [-0.05, 0) is 70.4 Å². The molecule has 2 aromatic carbocycles. The number of nitrogens with one attached hydrogen (secondary N) is 1. The van der Waals surface area contributed by atoms with Crippen molar-refractivity contribution < 1.29 is 4.79 Å². The van der Waals surface area contributed by atoms with Crippen LogP contribution in [-0.4, -0.2) is 5.91 Å². The van der Waals surface area contributed by atoms with Gasteiger partial charge in [-0.2, -0.15) is 0 Å². The molecule has 0 saturated carbocycles. The summed E-state index contributed by atoms with van der Waals surface area (Å²) in [6.07, 6.45) is 6.88. The molecular weight excluding hydrogens is 318 g/mol. The first-order valence-corrected chi connectivity index (χ1v) is 9.52. The number of unbranched alkanes of at least 4 members (excludes halogenated alkanes) is 2. The summed E-state index contributed by atoms with van der Waals surface area (Å²) in [6.45, 7) is 10.4. The maximum atomic E-state index is 12.2. The minimum atomic E-state index is -0.0565. The molecule has 2 aromatic rings. The average molecular weight is 352 g/mol. The minimum absolute atomic E-state index is 0.0565. The molecular formula is C24H33NO. The summed E-state index contributed by atoms with van der Waals surface area (Å²) in [4.78, 5) is 12.2. The van der Waals surface area contributed by atoms with Crippen molar-refractivity contribution in [2.45, 2.75) is 60.3 Å². The molecule has 0 aliphatic rings. The molecule has 0 aliphatic heterocycles. The number of anilines is 1. The van der Waals surface area contributed by atoms with E-state index in [-0.39, 0.29) is 5.91 Å². The van der Waals surface area contributed by atoms with E-state index in [1.807, 2.05) is 50.2 Å². The van der Waals surface area contributed by atoms with E-state index < -0.39 is 0 Å². The summed E-state index contributed by atoms with van der Waals surface area (Å²) >= 11 is 0. The highest BCUT2D eigenvalue weighted by Gasteiger charge is 2.05. The molecule has 2 heteroatoms. The zero-order chi connectivity index (χ0) is 19.4. The van der Waals surface area contributed by atoms with Gasteiger partial charge in [0, 0.05) is 11.3 Å². The Balaban J connectivity index is 0.000000597. The molecule has 26 heavy (non-hydrogen) atoms. The molecule has 0 radical (unpaired) electrons. The van der Waals surface area contributed by atoms with Crippen molar-refractivity contribution in [2.75, 3.05) is 5.32 Å². The van der Waals surface area contributed by atoms with Gasteiger partial charge >= 0.3 is 0 Å². The van der Waals surface area contributed by atoms with Gasteiger partial charge in [-0.3, -0.25) is 4.79 Å². The van der Waals surface area contributed by atoms with Crippen LogP contribution in [-0.2, 0) is 6.42 Å². The molecule has 0 aliphatic carbocycles. The lowest BCUT2D eigenvalue weighted by Gasteiger charge is -2.07. The topological polar surface area (TPSA) is 29.1 Å². The molecule has 0 fully saturated rings. The first-order chi connectivity index (χ1) is 12.5. The van der Waals surface area contributed by atoms with Gasteiger partial charge in [0.15, 0.2) is 0 Å². The van der Waals surface area contributed by atoms with Crippen LogP contribution in [0.1, 0.15) is 68.4 Å². The van der Waals surface area contributed by atoms with Gasteiger partial charge in [-0.15, -0.1) is 0 Å². The van der Waals surface area contributed by atoms with Gasteiger partial charge in [0.1, 0.15) is 0 Å². The fraction of sp³-hybridized carbons (Fsp3) is 0.375. The largest absolute Gasteiger partial charge is 0.322 e. The second-order valence-corrected chi connectivity index (χ2v) is 6.84. The Morgan fingerprint density at radius 1 is 0.962 bits per heavy atom. The zero-order valence-electron chi connectivity index (χ0n) is 16.9. The van der Waals surface area contributed by atoms with Crippen molar-refractivity contribution in [3.05, 3.63) is 76.9 Å². The van der Waals surface area contributed by atoms with Crippen LogP contribution in [0.2, 0.25) is 0 Å². The average Bonchev–Trinajstić information content (AvgIpc) is 2.65. The molecule has 2 nitrogen and oxygen atoms in total. The van der Waals surface area contributed by atoms with E-state index in [2.05, 4.69) is 44.3 Å². The Morgan fingerprint density at radius 2 is 1.54 bits per heavy atom. The monoisotopic (exact) mass is 351 g/mol. The van der Waals surface area contributed by atoms with E-state index in [4.69, 9.17) is 0 Å². The zero-order valence-corrected chi connectivity index (χ0v) is 16.9. The summed E-state index contributed by atoms with van der Waals surface area (Å²) < 4.78 is 0. The highest BCUT2D eigenvalue weighted by Crippen LogP contribution is 2.13. The molecule has 0 aromatic heterocycles. The third-order valence-corrected chi connectivity index (χ3v) is 4.17. The van der Waals surface area contributed by atoms with Crippen LogP contribution in [0, 0.1) is 6.92 Å². The molecule has 2 rings (SSSR count). The van der Waals surface area contributed by atoms with Crippen LogP contribution in [0.3, 0.4) is 0 Å². The molecule has 0 spiro atoms. The molecule has 0 bridgehead atoms. The number of hydrogen-bond donors (Lipinski definition) is 1. The van der Waals surface area contributed by atoms with Crippen molar-refractivity contribution in [1.29, 1.82) is 0 Å². The van der Waals surface area contributed by atoms with E-state index >= 15 is 0 Å². The minimum Gasteiger partial charge on any atom is -0.322 e. The number of aryl methyl sites for hydroxylation is 2. The summed E-state index contributed by atoms with van der Waals surface area (Å²) in [7, 11) is 0. The number of hydrogen-bond acceptors (Lipinski definition) is 1. The second kappa shape index (κ2) is 12.1. The number of rotatable bonds is 6. The third-order valence-electron chi connectivity index (χ3n) is 4.17. The number of carbonyl (C=O) groups is 1. The molecule has 0 unspecified atom stereocenters. The normalized spacial score (nSPS) is 9.73. The standard InChI is InChI=1S/C19H23NO.C5H10/c1-3-4-5-6-16-9-11-17(12-10-16)19(21)20-18-13-7-15(2)8-14-18;1-4-5(2)3/h7-14H,3-6H2,1-2H3,(H,20,21);4H,1-3H3. The Hall–Kier alpha value is -2.35. The fourth-order valence-electron chi connectivity index (χ4n) is 2.24. The number of benzene rings is 2. The Morgan fingerprint density at radius 3 is 2.04 bits per heavy atom.